The molecule has 0 atom stereocenters. The second kappa shape index (κ2) is 4.76. The van der Waals surface area contributed by atoms with Crippen molar-refractivity contribution in [2.75, 3.05) is 0 Å². The quantitative estimate of drug-likeness (QED) is 0.780. The van der Waals surface area contributed by atoms with Crippen LogP contribution in [0.5, 0.6) is 0 Å². The second-order valence-corrected chi connectivity index (χ2v) is 7.24. The molecule has 0 aliphatic heterocycles. The molecule has 0 amide bonds. The Labute approximate surface area is 102 Å². The summed E-state index contributed by atoms with van der Waals surface area (Å²) >= 11 is 0. The van der Waals surface area contributed by atoms with Gasteiger partial charge in [0.05, 0.1) is 5.75 Å². The molecule has 0 bridgehead atoms. The average Bonchev–Trinajstić information content (AvgIpc) is 2.10. The molecular formula is C12H17ClO2S. The van der Waals surface area contributed by atoms with E-state index in [0.29, 0.717) is 5.92 Å². The monoisotopic (exact) mass is 260 g/mol. The van der Waals surface area contributed by atoms with Crippen LogP contribution >= 0.6 is 10.7 Å². The fraction of sp³-hybridized carbons (Fsp3) is 0.500. The first kappa shape index (κ1) is 13.5. The summed E-state index contributed by atoms with van der Waals surface area (Å²) in [5, 5.41) is 0. The zero-order valence-corrected chi connectivity index (χ0v) is 11.6. The van der Waals surface area contributed by atoms with Crippen LogP contribution in [0, 0.1) is 13.8 Å². The number of hydrogen-bond acceptors (Lipinski definition) is 2. The minimum atomic E-state index is -3.49. The molecule has 0 aromatic heterocycles. The van der Waals surface area contributed by atoms with Gasteiger partial charge in [0.25, 0.3) is 0 Å². The lowest BCUT2D eigenvalue weighted by Crippen LogP contribution is -2.02. The van der Waals surface area contributed by atoms with Crippen molar-refractivity contribution in [2.24, 2.45) is 0 Å². The maximum absolute atomic E-state index is 11.1. The van der Waals surface area contributed by atoms with E-state index in [1.54, 1.807) is 0 Å². The van der Waals surface area contributed by atoms with Crippen LogP contribution in [0.4, 0.5) is 0 Å². The van der Waals surface area contributed by atoms with E-state index in [0.717, 1.165) is 22.3 Å². The highest BCUT2D eigenvalue weighted by Gasteiger charge is 2.13. The normalized spacial score (nSPS) is 12.1. The van der Waals surface area contributed by atoms with E-state index in [4.69, 9.17) is 10.7 Å². The van der Waals surface area contributed by atoms with Gasteiger partial charge in [-0.25, -0.2) is 8.42 Å². The van der Waals surface area contributed by atoms with Crippen LogP contribution in [0.2, 0.25) is 0 Å². The first-order valence-electron chi connectivity index (χ1n) is 5.23. The molecule has 0 radical (unpaired) electrons. The van der Waals surface area contributed by atoms with Gasteiger partial charge in [0.1, 0.15) is 0 Å². The predicted octanol–water partition coefficient (Wildman–Crippen LogP) is 3.50. The lowest BCUT2D eigenvalue weighted by Gasteiger charge is -2.13. The zero-order valence-electron chi connectivity index (χ0n) is 10.0. The summed E-state index contributed by atoms with van der Waals surface area (Å²) in [6.07, 6.45) is 0. The third kappa shape index (κ3) is 3.49. The van der Waals surface area contributed by atoms with Gasteiger partial charge < -0.3 is 0 Å². The van der Waals surface area contributed by atoms with Gasteiger partial charge in [0.15, 0.2) is 0 Å². The lowest BCUT2D eigenvalue weighted by atomic mass is 9.95. The minimum Gasteiger partial charge on any atom is -0.212 e. The van der Waals surface area contributed by atoms with Gasteiger partial charge in [-0.05, 0) is 42.0 Å². The number of rotatable bonds is 3. The first-order valence-corrected chi connectivity index (χ1v) is 7.71. The van der Waals surface area contributed by atoms with Gasteiger partial charge >= 0.3 is 0 Å². The Balaban J connectivity index is 3.27. The van der Waals surface area contributed by atoms with Crippen LogP contribution in [-0.2, 0) is 14.8 Å². The highest BCUT2D eigenvalue weighted by Crippen LogP contribution is 2.24. The minimum absolute atomic E-state index is 0.0954. The fourth-order valence-corrected chi connectivity index (χ4v) is 2.66. The summed E-state index contributed by atoms with van der Waals surface area (Å²) < 4.78 is 22.2. The highest BCUT2D eigenvalue weighted by molar-refractivity contribution is 8.13. The number of aryl methyl sites for hydroxylation is 1. The Hall–Kier alpha value is -0.540. The van der Waals surface area contributed by atoms with Gasteiger partial charge in [-0.3, -0.25) is 0 Å². The van der Waals surface area contributed by atoms with Gasteiger partial charge in [-0.15, -0.1) is 0 Å². The van der Waals surface area contributed by atoms with E-state index in [2.05, 4.69) is 19.9 Å². The smallest absolute Gasteiger partial charge is 0.212 e. The number of hydrogen-bond donors (Lipinski definition) is 0. The standard InChI is InChI=1S/C12H17ClO2S/c1-8(2)11-5-9(3)10(4)12(6-11)7-16(13,14)15/h5-6,8H,7H2,1-4H3. The summed E-state index contributed by atoms with van der Waals surface area (Å²) in [5.74, 6) is 0.290. The van der Waals surface area contributed by atoms with Crippen LogP contribution in [0.1, 0.15) is 42.0 Å². The third-order valence-electron chi connectivity index (χ3n) is 2.79. The van der Waals surface area contributed by atoms with Crippen molar-refractivity contribution in [3.8, 4) is 0 Å². The number of halogens is 1. The number of benzene rings is 1. The van der Waals surface area contributed by atoms with Crippen molar-refractivity contribution < 1.29 is 8.42 Å². The lowest BCUT2D eigenvalue weighted by molar-refractivity contribution is 0.608. The second-order valence-electron chi connectivity index (χ2n) is 4.46. The SMILES string of the molecule is Cc1cc(C(C)C)cc(CS(=O)(=O)Cl)c1C. The Kier molecular flexibility index (Phi) is 4.02. The van der Waals surface area contributed by atoms with E-state index in [1.165, 1.54) is 0 Å². The topological polar surface area (TPSA) is 34.1 Å². The third-order valence-corrected chi connectivity index (χ3v) is 3.77. The van der Waals surface area contributed by atoms with Crippen LogP contribution in [0.15, 0.2) is 12.1 Å². The maximum atomic E-state index is 11.1. The van der Waals surface area contributed by atoms with E-state index < -0.39 is 9.05 Å². The summed E-state index contributed by atoms with van der Waals surface area (Å²) in [6, 6.07) is 4.04. The molecule has 0 aliphatic carbocycles. The molecule has 0 saturated carbocycles. The molecule has 1 aromatic carbocycles. The van der Waals surface area contributed by atoms with Crippen molar-refractivity contribution in [3.05, 3.63) is 34.4 Å². The Morgan fingerprint density at radius 1 is 1.25 bits per heavy atom. The van der Waals surface area contributed by atoms with Crippen molar-refractivity contribution in [3.63, 3.8) is 0 Å². The van der Waals surface area contributed by atoms with Gasteiger partial charge in [-0.1, -0.05) is 26.0 Å². The molecule has 0 spiro atoms. The molecule has 16 heavy (non-hydrogen) atoms. The van der Waals surface area contributed by atoms with Gasteiger partial charge in [0, 0.05) is 10.7 Å². The van der Waals surface area contributed by atoms with Crippen molar-refractivity contribution in [1.29, 1.82) is 0 Å². The molecule has 0 N–H and O–H groups in total. The molecule has 0 fully saturated rings. The largest absolute Gasteiger partial charge is 0.236 e. The molecular weight excluding hydrogens is 244 g/mol. The maximum Gasteiger partial charge on any atom is 0.236 e. The molecule has 90 valence electrons. The Bertz CT molecular complexity index is 490. The van der Waals surface area contributed by atoms with E-state index >= 15 is 0 Å². The molecule has 2 nitrogen and oxygen atoms in total. The van der Waals surface area contributed by atoms with E-state index in [9.17, 15) is 8.42 Å². The average molecular weight is 261 g/mol. The molecule has 0 heterocycles. The fourth-order valence-electron chi connectivity index (χ4n) is 1.63. The molecule has 1 rings (SSSR count). The van der Waals surface area contributed by atoms with Crippen LogP contribution in [0.3, 0.4) is 0 Å². The van der Waals surface area contributed by atoms with Crippen LogP contribution in [-0.4, -0.2) is 8.42 Å². The molecule has 4 heteroatoms. The predicted molar refractivity (Wildman–Crippen MR) is 68.5 cm³/mol. The van der Waals surface area contributed by atoms with E-state index in [1.807, 2.05) is 19.9 Å². The molecule has 0 saturated heterocycles. The van der Waals surface area contributed by atoms with Crippen molar-refractivity contribution in [2.45, 2.75) is 39.4 Å². The molecule has 0 aliphatic rings. The van der Waals surface area contributed by atoms with Gasteiger partial charge in [0.2, 0.25) is 9.05 Å². The van der Waals surface area contributed by atoms with Crippen molar-refractivity contribution in [1.82, 2.24) is 0 Å². The van der Waals surface area contributed by atoms with E-state index in [-0.39, 0.29) is 5.75 Å². The molecule has 0 unspecified atom stereocenters. The van der Waals surface area contributed by atoms with Crippen LogP contribution in [0.25, 0.3) is 0 Å². The van der Waals surface area contributed by atoms with Crippen molar-refractivity contribution >= 4 is 19.7 Å². The van der Waals surface area contributed by atoms with Gasteiger partial charge in [-0.2, -0.15) is 0 Å². The summed E-state index contributed by atoms with van der Waals surface area (Å²) in [5.41, 5.74) is 4.08. The Morgan fingerprint density at radius 3 is 2.25 bits per heavy atom. The molecule has 1 aromatic rings. The zero-order chi connectivity index (χ0) is 12.5. The summed E-state index contributed by atoms with van der Waals surface area (Å²) in [4.78, 5) is 0. The highest BCUT2D eigenvalue weighted by atomic mass is 35.7. The van der Waals surface area contributed by atoms with Crippen LogP contribution < -0.4 is 0 Å². The Morgan fingerprint density at radius 2 is 1.81 bits per heavy atom. The summed E-state index contributed by atoms with van der Waals surface area (Å²) in [7, 11) is 1.81. The first-order chi connectivity index (χ1) is 7.20. The summed E-state index contributed by atoms with van der Waals surface area (Å²) in [6.45, 7) is 8.09.